The Hall–Kier alpha value is -2.13. The van der Waals surface area contributed by atoms with Crippen molar-refractivity contribution in [2.24, 2.45) is 0 Å². The van der Waals surface area contributed by atoms with Gasteiger partial charge < -0.3 is 4.98 Å². The summed E-state index contributed by atoms with van der Waals surface area (Å²) in [6.07, 6.45) is 3.74. The minimum absolute atomic E-state index is 0.108. The minimum atomic E-state index is -0.108. The Labute approximate surface area is 108 Å². The number of pyridine rings is 1. The topological polar surface area (TPSA) is 37.0 Å². The Morgan fingerprint density at radius 1 is 1.06 bits per heavy atom. The Bertz CT molecular complexity index is 763. The van der Waals surface area contributed by atoms with Crippen LogP contribution in [0.15, 0.2) is 59.7 Å². The van der Waals surface area contributed by atoms with Crippen molar-refractivity contribution in [1.29, 1.82) is 0 Å². The highest BCUT2D eigenvalue weighted by atomic mass is 35.5. The fraction of sp³-hybridized carbons (Fsp3) is 0. The first-order valence-electron chi connectivity index (χ1n) is 5.53. The molecule has 88 valence electrons. The monoisotopic (exact) mass is 257 g/mol. The molecule has 0 aliphatic carbocycles. The molecular formula is C14H10ClN2O+. The van der Waals surface area contributed by atoms with E-state index in [1.54, 1.807) is 18.2 Å². The molecule has 0 amide bonds. The van der Waals surface area contributed by atoms with Crippen molar-refractivity contribution in [1.82, 2.24) is 4.98 Å². The maximum absolute atomic E-state index is 11.9. The number of fused-ring (bicyclic) bond motifs is 1. The van der Waals surface area contributed by atoms with E-state index in [9.17, 15) is 4.79 Å². The molecule has 3 aromatic rings. The van der Waals surface area contributed by atoms with E-state index in [1.807, 2.05) is 41.1 Å². The predicted molar refractivity (Wildman–Crippen MR) is 70.7 cm³/mol. The molecule has 4 heteroatoms. The van der Waals surface area contributed by atoms with Crippen LogP contribution in [0.1, 0.15) is 0 Å². The van der Waals surface area contributed by atoms with Crippen LogP contribution in [0.2, 0.25) is 5.02 Å². The van der Waals surface area contributed by atoms with E-state index < -0.39 is 0 Å². The summed E-state index contributed by atoms with van der Waals surface area (Å²) >= 11 is 5.85. The fourth-order valence-corrected chi connectivity index (χ4v) is 2.02. The van der Waals surface area contributed by atoms with Crippen LogP contribution in [-0.2, 0) is 0 Å². The summed E-state index contributed by atoms with van der Waals surface area (Å²) in [7, 11) is 0. The predicted octanol–water partition coefficient (Wildman–Crippen LogP) is 2.43. The number of nitrogens with one attached hydrogen (secondary N) is 1. The molecule has 0 saturated carbocycles. The fourth-order valence-electron chi connectivity index (χ4n) is 1.89. The van der Waals surface area contributed by atoms with Crippen molar-refractivity contribution in [2.45, 2.75) is 0 Å². The summed E-state index contributed by atoms with van der Waals surface area (Å²) in [5.41, 5.74) is 2.20. The first-order chi connectivity index (χ1) is 8.74. The molecule has 1 N–H and O–H groups in total. The number of H-pyrrole nitrogens is 1. The number of aromatic nitrogens is 2. The second kappa shape index (κ2) is 4.27. The summed E-state index contributed by atoms with van der Waals surface area (Å²) in [4.78, 5) is 14.8. The highest BCUT2D eigenvalue weighted by molar-refractivity contribution is 6.30. The van der Waals surface area contributed by atoms with Crippen molar-refractivity contribution in [3.05, 3.63) is 70.2 Å². The van der Waals surface area contributed by atoms with Crippen LogP contribution in [-0.4, -0.2) is 4.98 Å². The largest absolute Gasteiger partial charge is 0.321 e. The molecule has 0 spiro atoms. The zero-order valence-corrected chi connectivity index (χ0v) is 10.2. The second-order valence-corrected chi connectivity index (χ2v) is 4.43. The van der Waals surface area contributed by atoms with Crippen molar-refractivity contribution in [2.75, 3.05) is 0 Å². The summed E-state index contributed by atoms with van der Waals surface area (Å²) in [6.45, 7) is 0. The zero-order chi connectivity index (χ0) is 12.5. The van der Waals surface area contributed by atoms with E-state index in [1.165, 1.54) is 0 Å². The van der Waals surface area contributed by atoms with Crippen molar-refractivity contribution in [3.63, 3.8) is 0 Å². The maximum Gasteiger partial charge on any atom is 0.321 e. The van der Waals surface area contributed by atoms with Crippen molar-refractivity contribution < 1.29 is 4.40 Å². The summed E-state index contributed by atoms with van der Waals surface area (Å²) in [5.74, 6) is 0. The highest BCUT2D eigenvalue weighted by Crippen LogP contribution is 2.17. The third-order valence-electron chi connectivity index (χ3n) is 2.79. The molecule has 0 atom stereocenters. The molecule has 1 aromatic carbocycles. The van der Waals surface area contributed by atoms with E-state index in [-0.39, 0.29) is 5.56 Å². The summed E-state index contributed by atoms with van der Waals surface area (Å²) < 4.78 is 1.81. The second-order valence-electron chi connectivity index (χ2n) is 4.00. The lowest BCUT2D eigenvalue weighted by molar-refractivity contribution is -0.512. The van der Waals surface area contributed by atoms with Gasteiger partial charge in [0.15, 0.2) is 12.4 Å². The number of aromatic amines is 1. The summed E-state index contributed by atoms with van der Waals surface area (Å²) in [5, 5.41) is 0.675. The van der Waals surface area contributed by atoms with Crippen LogP contribution in [0.5, 0.6) is 0 Å². The van der Waals surface area contributed by atoms with Crippen LogP contribution in [0.4, 0.5) is 0 Å². The van der Waals surface area contributed by atoms with Gasteiger partial charge in [0.25, 0.3) is 5.52 Å². The average Bonchev–Trinajstić information content (AvgIpc) is 2.39. The van der Waals surface area contributed by atoms with Gasteiger partial charge in [-0.05, 0) is 18.2 Å². The Kier molecular flexibility index (Phi) is 2.61. The quantitative estimate of drug-likeness (QED) is 0.668. The van der Waals surface area contributed by atoms with Gasteiger partial charge in [0.05, 0.1) is 0 Å². The van der Waals surface area contributed by atoms with Crippen LogP contribution in [0.3, 0.4) is 0 Å². The third kappa shape index (κ3) is 1.89. The van der Waals surface area contributed by atoms with Gasteiger partial charge in [-0.3, -0.25) is 4.79 Å². The lowest BCUT2D eigenvalue weighted by Crippen LogP contribution is -2.29. The molecule has 0 bridgehead atoms. The van der Waals surface area contributed by atoms with Gasteiger partial charge in [0.2, 0.25) is 0 Å². The van der Waals surface area contributed by atoms with E-state index in [0.29, 0.717) is 10.5 Å². The molecule has 2 aromatic heterocycles. The lowest BCUT2D eigenvalue weighted by atomic mass is 10.1. The molecular weight excluding hydrogens is 248 g/mol. The van der Waals surface area contributed by atoms with Gasteiger partial charge in [-0.15, -0.1) is 0 Å². The maximum atomic E-state index is 11.9. The van der Waals surface area contributed by atoms with Crippen molar-refractivity contribution >= 4 is 17.1 Å². The molecule has 0 aliphatic heterocycles. The average molecular weight is 258 g/mol. The van der Waals surface area contributed by atoms with Crippen LogP contribution in [0, 0.1) is 0 Å². The van der Waals surface area contributed by atoms with E-state index in [4.69, 9.17) is 11.6 Å². The number of hydrogen-bond acceptors (Lipinski definition) is 1. The molecule has 0 saturated heterocycles. The molecule has 0 radical (unpaired) electrons. The molecule has 0 unspecified atom stereocenters. The van der Waals surface area contributed by atoms with Crippen molar-refractivity contribution in [3.8, 4) is 11.3 Å². The molecule has 2 heterocycles. The van der Waals surface area contributed by atoms with Gasteiger partial charge in [-0.2, -0.15) is 4.40 Å². The van der Waals surface area contributed by atoms with E-state index in [0.717, 1.165) is 11.3 Å². The smallest absolute Gasteiger partial charge is 0.311 e. The zero-order valence-electron chi connectivity index (χ0n) is 9.43. The lowest BCUT2D eigenvalue weighted by Gasteiger charge is -1.99. The van der Waals surface area contributed by atoms with Gasteiger partial charge in [0, 0.05) is 22.7 Å². The number of hydrogen-bond donors (Lipinski definition) is 1. The SMILES string of the molecule is O=c1[nH]c(-c2ccc(Cl)cc2)c[n+]2ccccc12. The van der Waals surface area contributed by atoms with Crippen LogP contribution >= 0.6 is 11.6 Å². The number of benzene rings is 1. The number of nitrogens with zero attached hydrogens (tertiary/aromatic N) is 1. The van der Waals surface area contributed by atoms with Crippen LogP contribution < -0.4 is 9.96 Å². The van der Waals surface area contributed by atoms with E-state index in [2.05, 4.69) is 4.98 Å². The molecule has 0 aliphatic rings. The van der Waals surface area contributed by atoms with Gasteiger partial charge in [0.1, 0.15) is 5.69 Å². The Balaban J connectivity index is 2.24. The number of halogens is 1. The van der Waals surface area contributed by atoms with Gasteiger partial charge in [-0.1, -0.05) is 23.7 Å². The minimum Gasteiger partial charge on any atom is -0.311 e. The molecule has 3 rings (SSSR count). The first kappa shape index (κ1) is 11.0. The van der Waals surface area contributed by atoms with Gasteiger partial charge >= 0.3 is 5.56 Å². The van der Waals surface area contributed by atoms with Gasteiger partial charge in [-0.25, -0.2) is 0 Å². The van der Waals surface area contributed by atoms with E-state index >= 15 is 0 Å². The Morgan fingerprint density at radius 3 is 2.61 bits per heavy atom. The highest BCUT2D eigenvalue weighted by Gasteiger charge is 2.09. The summed E-state index contributed by atoms with van der Waals surface area (Å²) in [6, 6.07) is 12.9. The number of rotatable bonds is 1. The standard InChI is InChI=1S/C14H9ClN2O/c15-11-6-4-10(5-7-11)12-9-17-8-2-1-3-13(17)14(18)16-12/h1-9H/p+1. The normalized spacial score (nSPS) is 10.7. The molecule has 18 heavy (non-hydrogen) atoms. The Morgan fingerprint density at radius 2 is 1.83 bits per heavy atom. The molecule has 0 fully saturated rings. The molecule has 3 nitrogen and oxygen atoms in total. The third-order valence-corrected chi connectivity index (χ3v) is 3.05. The van der Waals surface area contributed by atoms with Crippen LogP contribution in [0.25, 0.3) is 16.8 Å². The first-order valence-corrected chi connectivity index (χ1v) is 5.91.